The van der Waals surface area contributed by atoms with Gasteiger partial charge in [0.1, 0.15) is 0 Å². The van der Waals surface area contributed by atoms with Gasteiger partial charge in [0.2, 0.25) is 0 Å². The van der Waals surface area contributed by atoms with Crippen LogP contribution in [0.5, 0.6) is 0 Å². The number of alkyl halides is 1. The quantitative estimate of drug-likeness (QED) is 0.683. The molecular formula is C14H15Br2NO. The first-order valence-corrected chi connectivity index (χ1v) is 8.09. The average molecular weight is 373 g/mol. The van der Waals surface area contributed by atoms with Gasteiger partial charge in [0, 0.05) is 21.4 Å². The second-order valence-electron chi connectivity index (χ2n) is 5.15. The minimum Gasteiger partial charge on any atom is -0.333 e. The maximum atomic E-state index is 12.7. The summed E-state index contributed by atoms with van der Waals surface area (Å²) in [6.45, 7) is 0. The zero-order valence-corrected chi connectivity index (χ0v) is 13.2. The fourth-order valence-electron chi connectivity index (χ4n) is 3.22. The van der Waals surface area contributed by atoms with E-state index in [-0.39, 0.29) is 5.91 Å². The molecule has 2 aliphatic rings. The number of nitrogens with zero attached hydrogens (tertiary/aromatic N) is 1. The SMILES string of the molecule is O=C(c1ccccc1Br)N1C2CCC1CC(Br)C2. The van der Waals surface area contributed by atoms with Gasteiger partial charge in [-0.15, -0.1) is 0 Å². The normalized spacial score (nSPS) is 30.6. The van der Waals surface area contributed by atoms with Crippen molar-refractivity contribution in [3.8, 4) is 0 Å². The van der Waals surface area contributed by atoms with Crippen LogP contribution < -0.4 is 0 Å². The van der Waals surface area contributed by atoms with E-state index < -0.39 is 0 Å². The summed E-state index contributed by atoms with van der Waals surface area (Å²) in [5, 5.41) is 0. The number of hydrogen-bond donors (Lipinski definition) is 0. The van der Waals surface area contributed by atoms with Gasteiger partial charge in [-0.2, -0.15) is 0 Å². The molecule has 2 saturated heterocycles. The van der Waals surface area contributed by atoms with Crippen molar-refractivity contribution in [1.29, 1.82) is 0 Å². The Morgan fingerprint density at radius 1 is 1.17 bits per heavy atom. The third-order valence-electron chi connectivity index (χ3n) is 4.01. The van der Waals surface area contributed by atoms with E-state index in [1.54, 1.807) is 0 Å². The van der Waals surface area contributed by atoms with Crippen LogP contribution in [0.4, 0.5) is 0 Å². The van der Waals surface area contributed by atoms with Gasteiger partial charge in [0.05, 0.1) is 5.56 Å². The zero-order chi connectivity index (χ0) is 12.7. The topological polar surface area (TPSA) is 20.3 Å². The molecule has 1 aromatic carbocycles. The second kappa shape index (κ2) is 4.97. The van der Waals surface area contributed by atoms with Gasteiger partial charge in [0.25, 0.3) is 5.91 Å². The molecule has 3 rings (SSSR count). The number of rotatable bonds is 1. The molecule has 0 N–H and O–H groups in total. The molecule has 1 aromatic rings. The van der Waals surface area contributed by atoms with Gasteiger partial charge in [-0.05, 0) is 53.7 Å². The molecule has 2 atom stereocenters. The van der Waals surface area contributed by atoms with E-state index in [1.165, 1.54) is 0 Å². The molecule has 0 spiro atoms. The fourth-order valence-corrected chi connectivity index (χ4v) is 4.53. The lowest BCUT2D eigenvalue weighted by Crippen LogP contribution is -2.46. The molecule has 18 heavy (non-hydrogen) atoms. The highest BCUT2D eigenvalue weighted by atomic mass is 79.9. The van der Waals surface area contributed by atoms with Crippen LogP contribution in [-0.4, -0.2) is 27.7 Å². The maximum absolute atomic E-state index is 12.7. The highest BCUT2D eigenvalue weighted by Crippen LogP contribution is 2.39. The van der Waals surface area contributed by atoms with Crippen molar-refractivity contribution in [3.05, 3.63) is 34.3 Å². The Morgan fingerprint density at radius 3 is 2.39 bits per heavy atom. The van der Waals surface area contributed by atoms with Crippen LogP contribution in [0.2, 0.25) is 0 Å². The van der Waals surface area contributed by atoms with Crippen molar-refractivity contribution in [3.63, 3.8) is 0 Å². The summed E-state index contributed by atoms with van der Waals surface area (Å²) in [6, 6.07) is 8.57. The predicted octanol–water partition coefficient (Wildman–Crippen LogP) is 3.98. The van der Waals surface area contributed by atoms with E-state index in [1.807, 2.05) is 24.3 Å². The first-order valence-electron chi connectivity index (χ1n) is 6.38. The summed E-state index contributed by atoms with van der Waals surface area (Å²) in [6.07, 6.45) is 4.49. The average Bonchev–Trinajstić information content (AvgIpc) is 2.61. The number of hydrogen-bond acceptors (Lipinski definition) is 1. The number of carbonyl (C=O) groups is 1. The summed E-state index contributed by atoms with van der Waals surface area (Å²) >= 11 is 7.19. The molecule has 96 valence electrons. The van der Waals surface area contributed by atoms with Crippen LogP contribution in [0.3, 0.4) is 0 Å². The van der Waals surface area contributed by atoms with Crippen LogP contribution in [0.15, 0.2) is 28.7 Å². The summed E-state index contributed by atoms with van der Waals surface area (Å²) in [5.41, 5.74) is 0.794. The maximum Gasteiger partial charge on any atom is 0.255 e. The van der Waals surface area contributed by atoms with Crippen LogP contribution in [-0.2, 0) is 0 Å². The van der Waals surface area contributed by atoms with Crippen molar-refractivity contribution >= 4 is 37.8 Å². The molecule has 1 amide bonds. The van der Waals surface area contributed by atoms with E-state index in [0.29, 0.717) is 16.9 Å². The van der Waals surface area contributed by atoms with E-state index >= 15 is 0 Å². The number of benzene rings is 1. The molecular weight excluding hydrogens is 358 g/mol. The first kappa shape index (κ1) is 12.7. The van der Waals surface area contributed by atoms with E-state index in [0.717, 1.165) is 35.7 Å². The molecule has 0 radical (unpaired) electrons. The Morgan fingerprint density at radius 2 is 1.78 bits per heavy atom. The molecule has 2 fully saturated rings. The Kier molecular flexibility index (Phi) is 3.50. The summed E-state index contributed by atoms with van der Waals surface area (Å²) in [5.74, 6) is 0.189. The minimum atomic E-state index is 0.189. The number of halogens is 2. The van der Waals surface area contributed by atoms with Gasteiger partial charge in [-0.3, -0.25) is 4.79 Å². The van der Waals surface area contributed by atoms with Crippen molar-refractivity contribution < 1.29 is 4.79 Å². The molecule has 2 bridgehead atoms. The van der Waals surface area contributed by atoms with Crippen molar-refractivity contribution in [2.45, 2.75) is 42.6 Å². The molecule has 2 heterocycles. The van der Waals surface area contributed by atoms with E-state index in [9.17, 15) is 4.79 Å². The minimum absolute atomic E-state index is 0.189. The third-order valence-corrected chi connectivity index (χ3v) is 5.45. The van der Waals surface area contributed by atoms with Gasteiger partial charge in [-0.1, -0.05) is 28.1 Å². The highest BCUT2D eigenvalue weighted by Gasteiger charge is 2.42. The molecule has 4 heteroatoms. The highest BCUT2D eigenvalue weighted by molar-refractivity contribution is 9.10. The summed E-state index contributed by atoms with van der Waals surface area (Å²) in [4.78, 5) is 15.4. The fraction of sp³-hybridized carbons (Fsp3) is 0.500. The lowest BCUT2D eigenvalue weighted by molar-refractivity contribution is 0.0602. The number of fused-ring (bicyclic) bond motifs is 2. The number of amides is 1. The molecule has 2 aliphatic heterocycles. The van der Waals surface area contributed by atoms with Gasteiger partial charge < -0.3 is 4.90 Å². The van der Waals surface area contributed by atoms with E-state index in [4.69, 9.17) is 0 Å². The van der Waals surface area contributed by atoms with Gasteiger partial charge in [0.15, 0.2) is 0 Å². The monoisotopic (exact) mass is 371 g/mol. The molecule has 0 aliphatic carbocycles. The standard InChI is InChI=1S/C14H15Br2NO/c15-9-7-10-5-6-11(8-9)17(10)14(18)12-3-1-2-4-13(12)16/h1-4,9-11H,5-8H2. The smallest absolute Gasteiger partial charge is 0.255 e. The van der Waals surface area contributed by atoms with Crippen LogP contribution >= 0.6 is 31.9 Å². The van der Waals surface area contributed by atoms with Crippen LogP contribution in [0.1, 0.15) is 36.0 Å². The molecule has 2 unspecified atom stereocenters. The van der Waals surface area contributed by atoms with Crippen molar-refractivity contribution in [2.24, 2.45) is 0 Å². The Bertz CT molecular complexity index is 463. The van der Waals surface area contributed by atoms with Crippen molar-refractivity contribution in [1.82, 2.24) is 4.90 Å². The summed E-state index contributed by atoms with van der Waals surface area (Å²) < 4.78 is 0.898. The Balaban J connectivity index is 1.88. The Hall–Kier alpha value is -0.350. The van der Waals surface area contributed by atoms with E-state index in [2.05, 4.69) is 36.8 Å². The first-order chi connectivity index (χ1) is 8.66. The number of piperidine rings is 1. The van der Waals surface area contributed by atoms with Crippen molar-refractivity contribution in [2.75, 3.05) is 0 Å². The number of carbonyl (C=O) groups excluding carboxylic acids is 1. The predicted molar refractivity (Wildman–Crippen MR) is 79.1 cm³/mol. The van der Waals surface area contributed by atoms with Gasteiger partial charge >= 0.3 is 0 Å². The van der Waals surface area contributed by atoms with Crippen LogP contribution in [0, 0.1) is 0 Å². The largest absolute Gasteiger partial charge is 0.333 e. The van der Waals surface area contributed by atoms with Gasteiger partial charge in [-0.25, -0.2) is 0 Å². The molecule has 0 aromatic heterocycles. The Labute approximate surface area is 124 Å². The second-order valence-corrected chi connectivity index (χ2v) is 7.30. The summed E-state index contributed by atoms with van der Waals surface area (Å²) in [7, 11) is 0. The van der Waals surface area contributed by atoms with Crippen LogP contribution in [0.25, 0.3) is 0 Å². The lowest BCUT2D eigenvalue weighted by Gasteiger charge is -2.37. The molecule has 0 saturated carbocycles. The lowest BCUT2D eigenvalue weighted by atomic mass is 10.0. The third kappa shape index (κ3) is 2.14. The zero-order valence-electron chi connectivity index (χ0n) is 9.98. The molecule has 2 nitrogen and oxygen atoms in total.